The second kappa shape index (κ2) is 2.45. The van der Waals surface area contributed by atoms with E-state index in [0.717, 1.165) is 0 Å². The van der Waals surface area contributed by atoms with Crippen LogP contribution in [-0.2, 0) is 0 Å². The van der Waals surface area contributed by atoms with Crippen molar-refractivity contribution in [3.8, 4) is 0 Å². The van der Waals surface area contributed by atoms with E-state index in [1.807, 2.05) is 0 Å². The largest absolute Gasteiger partial charge is 0.860 e. The van der Waals surface area contributed by atoms with Gasteiger partial charge in [0.05, 0.1) is 6.92 Å². The average Bonchev–Trinajstić information content (AvgIpc) is 1.35. The molecular formula is C4H6NO. The molecule has 0 fully saturated rings. The summed E-state index contributed by atoms with van der Waals surface area (Å²) in [7, 11) is 0. The van der Waals surface area contributed by atoms with Crippen molar-refractivity contribution in [1.82, 2.24) is 0 Å². The van der Waals surface area contributed by atoms with Crippen LogP contribution < -0.4 is 10.8 Å². The minimum absolute atomic E-state index is 0.356. The smallest absolute Gasteiger partial charge is 0.111 e. The summed E-state index contributed by atoms with van der Waals surface area (Å²) in [6, 6.07) is 0. The zero-order valence-corrected chi connectivity index (χ0v) is 3.40. The first kappa shape index (κ1) is 5.21. The molecule has 0 aliphatic carbocycles. The van der Waals surface area contributed by atoms with E-state index in [1.165, 1.54) is 0 Å². The summed E-state index contributed by atoms with van der Waals surface area (Å²) in [5, 5.41) is 9.67. The van der Waals surface area contributed by atoms with Crippen LogP contribution in [0, 0.1) is 13.0 Å². The molecule has 0 heterocycles. The molecule has 0 saturated heterocycles. The molecule has 0 amide bonds. The highest BCUT2D eigenvalue weighted by Gasteiger charge is 1.68. The number of allylic oxidation sites excluding steroid dienone is 1. The number of hydrogen-bond donors (Lipinski definition) is 1. The first-order valence-electron chi connectivity index (χ1n) is 1.60. The lowest BCUT2D eigenvalue weighted by molar-refractivity contribution is -0.305. The van der Waals surface area contributed by atoms with Gasteiger partial charge in [-0.05, 0) is 5.88 Å². The third-order valence-electron chi connectivity index (χ3n) is 0.299. The Bertz CT molecular complexity index is 54.6. The van der Waals surface area contributed by atoms with Crippen molar-refractivity contribution >= 4 is 0 Å². The van der Waals surface area contributed by atoms with Crippen LogP contribution in [0.25, 0.3) is 0 Å². The Balaban J connectivity index is 3.14. The van der Waals surface area contributed by atoms with Crippen molar-refractivity contribution in [2.75, 3.05) is 0 Å². The molecule has 2 N–H and O–H groups in total. The maximum absolute atomic E-state index is 9.67. The van der Waals surface area contributed by atoms with Gasteiger partial charge < -0.3 is 10.8 Å². The lowest BCUT2D eigenvalue weighted by Crippen LogP contribution is -2.12. The summed E-state index contributed by atoms with van der Waals surface area (Å²) >= 11 is 0. The minimum Gasteiger partial charge on any atom is -0.860 e. The van der Waals surface area contributed by atoms with Crippen LogP contribution in [0.1, 0.15) is 6.42 Å². The molecule has 0 saturated carbocycles. The van der Waals surface area contributed by atoms with Crippen LogP contribution in [0.3, 0.4) is 0 Å². The van der Waals surface area contributed by atoms with Crippen molar-refractivity contribution in [3.05, 3.63) is 18.9 Å². The Hall–Kier alpha value is -0.790. The summed E-state index contributed by atoms with van der Waals surface area (Å²) in [5.74, 6) is -0.523. The quantitative estimate of drug-likeness (QED) is 0.333. The standard InChI is InChI=1S/C4H6NO/c1-2-3-4(5)6/h1-2,5H2. The fraction of sp³-hybridized carbons (Fsp3) is 0.250. The molecule has 0 aromatic carbocycles. The van der Waals surface area contributed by atoms with E-state index in [9.17, 15) is 5.11 Å². The highest BCUT2D eigenvalue weighted by molar-refractivity contribution is 4.73. The Labute approximate surface area is 37.3 Å². The van der Waals surface area contributed by atoms with E-state index in [1.54, 1.807) is 0 Å². The molecule has 0 aliphatic rings. The predicted octanol–water partition coefficient (Wildman–Crippen LogP) is -0.826. The summed E-state index contributed by atoms with van der Waals surface area (Å²) in [6.07, 6.45) is 2.59. The monoisotopic (exact) mass is 84.0 g/mol. The average molecular weight is 84.1 g/mol. The van der Waals surface area contributed by atoms with Crippen molar-refractivity contribution in [1.29, 1.82) is 0 Å². The van der Waals surface area contributed by atoms with Gasteiger partial charge in [-0.15, -0.1) is 0 Å². The molecule has 0 unspecified atom stereocenters. The zero-order valence-electron chi connectivity index (χ0n) is 3.40. The zero-order chi connectivity index (χ0) is 4.99. The first-order valence-corrected chi connectivity index (χ1v) is 1.60. The maximum Gasteiger partial charge on any atom is 0.111 e. The molecule has 0 aromatic rings. The second-order valence-electron chi connectivity index (χ2n) is 0.791. The molecule has 0 bridgehead atoms. The van der Waals surface area contributed by atoms with E-state index in [4.69, 9.17) is 0 Å². The van der Waals surface area contributed by atoms with Crippen LogP contribution >= 0.6 is 0 Å². The van der Waals surface area contributed by atoms with Gasteiger partial charge in [0, 0.05) is 6.08 Å². The van der Waals surface area contributed by atoms with Gasteiger partial charge >= 0.3 is 0 Å². The van der Waals surface area contributed by atoms with Crippen LogP contribution in [-0.4, -0.2) is 0 Å². The highest BCUT2D eigenvalue weighted by Crippen LogP contribution is 1.72. The molecule has 0 atom stereocenters. The molecule has 6 heavy (non-hydrogen) atoms. The molecule has 33 valence electrons. The molecule has 1 radical (unpaired) electrons. The number of hydrogen-bond acceptors (Lipinski definition) is 2. The third kappa shape index (κ3) is 3.21. The lowest BCUT2D eigenvalue weighted by atomic mass is 10.5. The Morgan fingerprint density at radius 1 is 2.00 bits per heavy atom. The fourth-order valence-electron chi connectivity index (χ4n) is 0.123. The van der Waals surface area contributed by atoms with Gasteiger partial charge in [0.15, 0.2) is 0 Å². The Morgan fingerprint density at radius 2 is 2.50 bits per heavy atom. The molecule has 0 rings (SSSR count). The van der Waals surface area contributed by atoms with Gasteiger partial charge in [0.2, 0.25) is 0 Å². The lowest BCUT2D eigenvalue weighted by Gasteiger charge is -1.96. The van der Waals surface area contributed by atoms with Crippen LogP contribution in [0.4, 0.5) is 0 Å². The van der Waals surface area contributed by atoms with E-state index >= 15 is 0 Å². The van der Waals surface area contributed by atoms with Gasteiger partial charge in [-0.25, -0.2) is 0 Å². The Morgan fingerprint density at radius 3 is 2.50 bits per heavy atom. The normalized spacial score (nSPS) is 11.7. The van der Waals surface area contributed by atoms with Crippen LogP contribution in [0.2, 0.25) is 0 Å². The Kier molecular flexibility index (Phi) is 2.13. The summed E-state index contributed by atoms with van der Waals surface area (Å²) in [4.78, 5) is 0. The topological polar surface area (TPSA) is 49.1 Å². The van der Waals surface area contributed by atoms with Gasteiger partial charge in [-0.2, -0.15) is 0 Å². The van der Waals surface area contributed by atoms with Gasteiger partial charge in [0.1, 0.15) is 6.42 Å². The van der Waals surface area contributed by atoms with Gasteiger partial charge in [-0.3, -0.25) is 0 Å². The van der Waals surface area contributed by atoms with Crippen LogP contribution in [0.15, 0.2) is 5.88 Å². The molecule has 2 heteroatoms. The molecular weight excluding hydrogens is 78.0 g/mol. The first-order chi connectivity index (χ1) is 2.77. The van der Waals surface area contributed by atoms with Crippen molar-refractivity contribution < 1.29 is 5.11 Å². The van der Waals surface area contributed by atoms with E-state index in [-0.39, 0.29) is 0 Å². The van der Waals surface area contributed by atoms with E-state index < -0.39 is 5.88 Å². The van der Waals surface area contributed by atoms with Crippen molar-refractivity contribution in [3.63, 3.8) is 0 Å². The molecule has 2 nitrogen and oxygen atoms in total. The molecule has 0 aliphatic heterocycles. The molecule has 0 aromatic heterocycles. The van der Waals surface area contributed by atoms with Gasteiger partial charge in [0.25, 0.3) is 0 Å². The number of nitrogens with two attached hydrogens (primary N) is 1. The number of rotatable bonds is 1. The van der Waals surface area contributed by atoms with Crippen LogP contribution in [0.5, 0.6) is 0 Å². The third-order valence-corrected chi connectivity index (χ3v) is 0.299. The predicted molar refractivity (Wildman–Crippen MR) is 20.9 cm³/mol. The fourth-order valence-corrected chi connectivity index (χ4v) is 0.123. The SMILES string of the molecule is [CH2+]C[C]=C(N)[O-]. The summed E-state index contributed by atoms with van der Waals surface area (Å²) < 4.78 is 0. The maximum atomic E-state index is 9.67. The van der Waals surface area contributed by atoms with E-state index in [2.05, 4.69) is 18.7 Å². The minimum atomic E-state index is -0.523. The second-order valence-corrected chi connectivity index (χ2v) is 0.791. The van der Waals surface area contributed by atoms with Crippen molar-refractivity contribution in [2.45, 2.75) is 6.42 Å². The molecule has 0 spiro atoms. The van der Waals surface area contributed by atoms with Crippen molar-refractivity contribution in [2.24, 2.45) is 5.73 Å². The highest BCUT2D eigenvalue weighted by atomic mass is 16.3. The van der Waals surface area contributed by atoms with E-state index in [0.29, 0.717) is 6.42 Å². The summed E-state index contributed by atoms with van der Waals surface area (Å²) in [5.41, 5.74) is 4.61. The summed E-state index contributed by atoms with van der Waals surface area (Å²) in [6.45, 7) is 3.31. The van der Waals surface area contributed by atoms with Gasteiger partial charge in [-0.1, -0.05) is 0 Å².